The fourth-order valence-corrected chi connectivity index (χ4v) is 6.36. The van der Waals surface area contributed by atoms with Gasteiger partial charge in [-0.05, 0) is 86.2 Å². The van der Waals surface area contributed by atoms with E-state index in [0.29, 0.717) is 23.3 Å². The first-order valence-electron chi connectivity index (χ1n) is 11.9. The van der Waals surface area contributed by atoms with Crippen LogP contribution in [0.1, 0.15) is 55.0 Å². The summed E-state index contributed by atoms with van der Waals surface area (Å²) < 4.78 is 9.98. The minimum atomic E-state index is -0.154. The molecule has 0 saturated heterocycles. The molecular formula is C28H24Br3N3O2. The Kier molecular flexibility index (Phi) is 8.03. The number of ether oxygens (including phenoxy) is 1. The van der Waals surface area contributed by atoms with Gasteiger partial charge in [-0.2, -0.15) is 9.78 Å². The van der Waals surface area contributed by atoms with Crippen LogP contribution in [0.4, 0.5) is 0 Å². The van der Waals surface area contributed by atoms with Crippen LogP contribution in [-0.4, -0.2) is 15.9 Å². The molecule has 4 aromatic rings. The average molecular weight is 674 g/mol. The van der Waals surface area contributed by atoms with Gasteiger partial charge < -0.3 is 4.74 Å². The molecule has 5 nitrogen and oxygen atoms in total. The fourth-order valence-electron chi connectivity index (χ4n) is 4.55. The van der Waals surface area contributed by atoms with Crippen molar-refractivity contribution in [3.63, 3.8) is 0 Å². The maximum Gasteiger partial charge on any atom is 0.282 e. The standard InChI is InChI=1S/C28H24Br3N3O2/c29-21-11-12-25-22(15-21)28(35)34(27(33-25)20-9-5-2-6-10-20)32-16-19-13-23(30)26(24(31)14-19)36-17-18-7-3-1-4-8-18/h1,3-4,7-8,11-16,20H,2,5-6,9-10,17H2. The molecular weight excluding hydrogens is 650 g/mol. The van der Waals surface area contributed by atoms with Crippen molar-refractivity contribution in [2.75, 3.05) is 0 Å². The zero-order valence-corrected chi connectivity index (χ0v) is 24.2. The lowest BCUT2D eigenvalue weighted by molar-refractivity contribution is 0.302. The summed E-state index contributed by atoms with van der Waals surface area (Å²) in [5, 5.41) is 5.20. The highest BCUT2D eigenvalue weighted by atomic mass is 79.9. The van der Waals surface area contributed by atoms with E-state index < -0.39 is 0 Å². The molecule has 3 aromatic carbocycles. The average Bonchev–Trinajstić information content (AvgIpc) is 2.89. The van der Waals surface area contributed by atoms with E-state index in [-0.39, 0.29) is 11.5 Å². The van der Waals surface area contributed by atoms with Crippen LogP contribution in [0.5, 0.6) is 5.75 Å². The zero-order valence-electron chi connectivity index (χ0n) is 19.5. The molecule has 0 N–H and O–H groups in total. The monoisotopic (exact) mass is 671 g/mol. The van der Waals surface area contributed by atoms with Crippen LogP contribution in [0.15, 0.2) is 84.0 Å². The molecule has 0 atom stereocenters. The molecule has 1 aromatic heterocycles. The normalized spacial score (nSPS) is 14.5. The molecule has 1 aliphatic carbocycles. The number of fused-ring (bicyclic) bond motifs is 1. The van der Waals surface area contributed by atoms with Crippen molar-refractivity contribution < 1.29 is 4.74 Å². The van der Waals surface area contributed by atoms with Gasteiger partial charge in [0.1, 0.15) is 18.2 Å². The van der Waals surface area contributed by atoms with Gasteiger partial charge in [0.25, 0.3) is 5.56 Å². The number of rotatable bonds is 6. The summed E-state index contributed by atoms with van der Waals surface area (Å²) in [4.78, 5) is 18.4. The molecule has 0 amide bonds. The molecule has 1 saturated carbocycles. The molecule has 5 rings (SSSR count). The van der Waals surface area contributed by atoms with E-state index >= 15 is 0 Å². The minimum Gasteiger partial charge on any atom is -0.487 e. The van der Waals surface area contributed by atoms with E-state index in [1.165, 1.54) is 11.1 Å². The highest BCUT2D eigenvalue weighted by Crippen LogP contribution is 2.35. The van der Waals surface area contributed by atoms with Crippen LogP contribution in [0.25, 0.3) is 10.9 Å². The van der Waals surface area contributed by atoms with Crippen molar-refractivity contribution in [2.24, 2.45) is 5.10 Å². The fraction of sp³-hybridized carbons (Fsp3) is 0.250. The van der Waals surface area contributed by atoms with E-state index in [9.17, 15) is 4.79 Å². The van der Waals surface area contributed by atoms with Gasteiger partial charge in [0.05, 0.1) is 26.1 Å². The lowest BCUT2D eigenvalue weighted by Gasteiger charge is -2.22. The Bertz CT molecular complexity index is 1460. The van der Waals surface area contributed by atoms with Gasteiger partial charge in [0.15, 0.2) is 0 Å². The number of hydrogen-bond acceptors (Lipinski definition) is 4. The van der Waals surface area contributed by atoms with Crippen molar-refractivity contribution in [3.8, 4) is 5.75 Å². The third kappa shape index (κ3) is 5.66. The van der Waals surface area contributed by atoms with E-state index in [4.69, 9.17) is 9.72 Å². The van der Waals surface area contributed by atoms with Crippen LogP contribution in [-0.2, 0) is 6.61 Å². The highest BCUT2D eigenvalue weighted by Gasteiger charge is 2.22. The highest BCUT2D eigenvalue weighted by molar-refractivity contribution is 9.11. The molecule has 0 radical (unpaired) electrons. The van der Waals surface area contributed by atoms with Crippen molar-refractivity contribution in [2.45, 2.75) is 44.6 Å². The number of aromatic nitrogens is 2. The van der Waals surface area contributed by atoms with E-state index in [1.54, 1.807) is 6.21 Å². The number of hydrogen-bond donors (Lipinski definition) is 0. The van der Waals surface area contributed by atoms with Gasteiger partial charge in [-0.15, -0.1) is 0 Å². The molecule has 8 heteroatoms. The van der Waals surface area contributed by atoms with Gasteiger partial charge in [-0.25, -0.2) is 4.98 Å². The summed E-state index contributed by atoms with van der Waals surface area (Å²) in [5.74, 6) is 1.68. The van der Waals surface area contributed by atoms with Crippen LogP contribution in [0, 0.1) is 0 Å². The van der Waals surface area contributed by atoms with Crippen LogP contribution in [0.3, 0.4) is 0 Å². The molecule has 0 unspecified atom stereocenters. The summed E-state index contributed by atoms with van der Waals surface area (Å²) in [6.45, 7) is 0.462. The topological polar surface area (TPSA) is 56.5 Å². The Labute approximate surface area is 235 Å². The summed E-state index contributed by atoms with van der Waals surface area (Å²) in [5.41, 5.74) is 2.48. The Balaban J connectivity index is 1.48. The Morgan fingerprint density at radius 3 is 2.42 bits per heavy atom. The smallest absolute Gasteiger partial charge is 0.282 e. The third-order valence-corrected chi connectivity index (χ3v) is 8.04. The lowest BCUT2D eigenvalue weighted by Crippen LogP contribution is -2.25. The van der Waals surface area contributed by atoms with Crippen molar-refractivity contribution >= 4 is 64.9 Å². The molecule has 1 heterocycles. The van der Waals surface area contributed by atoms with Gasteiger partial charge in [0, 0.05) is 10.4 Å². The van der Waals surface area contributed by atoms with Gasteiger partial charge in [-0.1, -0.05) is 65.5 Å². The second-order valence-corrected chi connectivity index (χ2v) is 11.5. The predicted molar refractivity (Wildman–Crippen MR) is 155 cm³/mol. The maximum atomic E-state index is 13.5. The number of halogens is 3. The maximum absolute atomic E-state index is 13.5. The molecule has 0 spiro atoms. The zero-order chi connectivity index (χ0) is 25.1. The molecule has 0 aliphatic heterocycles. The van der Waals surface area contributed by atoms with E-state index in [1.807, 2.05) is 60.7 Å². The second-order valence-electron chi connectivity index (χ2n) is 8.92. The van der Waals surface area contributed by atoms with Gasteiger partial charge >= 0.3 is 0 Å². The largest absolute Gasteiger partial charge is 0.487 e. The van der Waals surface area contributed by atoms with Gasteiger partial charge in [-0.3, -0.25) is 4.79 Å². The quantitative estimate of drug-likeness (QED) is 0.194. The SMILES string of the molecule is O=c1c2cc(Br)ccc2nc(C2CCCCC2)n1N=Cc1cc(Br)c(OCc2ccccc2)c(Br)c1. The first-order valence-corrected chi connectivity index (χ1v) is 14.3. The number of nitrogens with zero attached hydrogens (tertiary/aromatic N) is 3. The Morgan fingerprint density at radius 2 is 1.69 bits per heavy atom. The van der Waals surface area contributed by atoms with Crippen molar-refractivity contribution in [3.05, 3.63) is 101 Å². The molecule has 36 heavy (non-hydrogen) atoms. The van der Waals surface area contributed by atoms with Gasteiger partial charge in [0.2, 0.25) is 0 Å². The first-order chi connectivity index (χ1) is 17.5. The van der Waals surface area contributed by atoms with Crippen LogP contribution < -0.4 is 10.3 Å². The number of benzene rings is 3. The summed E-state index contributed by atoms with van der Waals surface area (Å²) >= 11 is 10.7. The van der Waals surface area contributed by atoms with E-state index in [0.717, 1.165) is 56.1 Å². The molecule has 1 aliphatic rings. The van der Waals surface area contributed by atoms with Crippen LogP contribution in [0.2, 0.25) is 0 Å². The molecule has 0 bridgehead atoms. The summed E-state index contributed by atoms with van der Waals surface area (Å²) in [6, 6.07) is 19.5. The minimum absolute atomic E-state index is 0.154. The third-order valence-electron chi connectivity index (χ3n) is 6.37. The lowest BCUT2D eigenvalue weighted by atomic mass is 9.88. The summed E-state index contributed by atoms with van der Waals surface area (Å²) in [7, 11) is 0. The Hall–Kier alpha value is -2.29. The Morgan fingerprint density at radius 1 is 0.972 bits per heavy atom. The summed E-state index contributed by atoms with van der Waals surface area (Å²) in [6.07, 6.45) is 7.27. The first kappa shape index (κ1) is 25.4. The predicted octanol–water partition coefficient (Wildman–Crippen LogP) is 8.19. The molecule has 184 valence electrons. The van der Waals surface area contributed by atoms with Crippen molar-refractivity contribution in [1.29, 1.82) is 0 Å². The second kappa shape index (κ2) is 11.4. The van der Waals surface area contributed by atoms with E-state index in [2.05, 4.69) is 52.9 Å². The molecule has 1 fully saturated rings. The van der Waals surface area contributed by atoms with Crippen molar-refractivity contribution in [1.82, 2.24) is 9.66 Å². The van der Waals surface area contributed by atoms with Crippen LogP contribution >= 0.6 is 47.8 Å².